The molecule has 0 aliphatic carbocycles. The van der Waals surface area contributed by atoms with Crippen LogP contribution in [0, 0.1) is 0 Å². The van der Waals surface area contributed by atoms with Gasteiger partial charge in [0, 0.05) is 35.6 Å². The molecular weight excluding hydrogens is 426 g/mol. The molecule has 3 aromatic carbocycles. The van der Waals surface area contributed by atoms with Gasteiger partial charge in [-0.25, -0.2) is 0 Å². The zero-order valence-corrected chi connectivity index (χ0v) is 19.6. The van der Waals surface area contributed by atoms with Crippen LogP contribution in [0.15, 0.2) is 72.9 Å². The molecular formula is C28H29N3O3. The Morgan fingerprint density at radius 1 is 0.941 bits per heavy atom. The Kier molecular flexibility index (Phi) is 6.23. The molecule has 6 nitrogen and oxygen atoms in total. The number of carbonyl (C=O) groups excluding carboxylic acids is 1. The van der Waals surface area contributed by atoms with Crippen LogP contribution in [0.1, 0.15) is 27.9 Å². The van der Waals surface area contributed by atoms with Crippen LogP contribution in [0.2, 0.25) is 0 Å². The Balaban J connectivity index is 1.22. The maximum atomic E-state index is 12.7. The summed E-state index contributed by atoms with van der Waals surface area (Å²) in [6.45, 7) is 2.32. The quantitative estimate of drug-likeness (QED) is 0.399. The summed E-state index contributed by atoms with van der Waals surface area (Å²) in [6.07, 6.45) is 4.14. The highest BCUT2D eigenvalue weighted by Crippen LogP contribution is 2.34. The minimum absolute atomic E-state index is 0.151. The van der Waals surface area contributed by atoms with Crippen molar-refractivity contribution in [2.24, 2.45) is 0 Å². The van der Waals surface area contributed by atoms with Crippen LogP contribution < -0.4 is 14.8 Å². The molecule has 34 heavy (non-hydrogen) atoms. The fourth-order valence-electron chi connectivity index (χ4n) is 4.30. The highest BCUT2D eigenvalue weighted by Gasteiger charge is 2.14. The summed E-state index contributed by atoms with van der Waals surface area (Å²) in [5, 5.41) is 4.19. The monoisotopic (exact) mass is 455 g/mol. The molecule has 174 valence electrons. The van der Waals surface area contributed by atoms with E-state index < -0.39 is 0 Å². The number of nitrogens with zero attached hydrogens (tertiary/aromatic N) is 2. The lowest BCUT2D eigenvalue weighted by Crippen LogP contribution is -2.14. The Morgan fingerprint density at radius 2 is 1.74 bits per heavy atom. The van der Waals surface area contributed by atoms with Crippen LogP contribution in [0.25, 0.3) is 10.9 Å². The first-order valence-electron chi connectivity index (χ1n) is 11.6. The van der Waals surface area contributed by atoms with Gasteiger partial charge in [-0.05, 0) is 92.5 Å². The van der Waals surface area contributed by atoms with Crippen molar-refractivity contribution < 1.29 is 14.3 Å². The van der Waals surface area contributed by atoms with Crippen LogP contribution in [-0.2, 0) is 13.0 Å². The molecule has 6 heteroatoms. The van der Waals surface area contributed by atoms with Crippen molar-refractivity contribution >= 4 is 22.5 Å². The smallest absolute Gasteiger partial charge is 0.255 e. The number of nitrogens with one attached hydrogen (secondary N) is 1. The van der Waals surface area contributed by atoms with E-state index in [4.69, 9.17) is 9.47 Å². The first-order valence-corrected chi connectivity index (χ1v) is 11.6. The summed E-state index contributed by atoms with van der Waals surface area (Å²) in [5.74, 6) is 1.19. The topological polar surface area (TPSA) is 55.7 Å². The van der Waals surface area contributed by atoms with Crippen molar-refractivity contribution in [1.82, 2.24) is 9.47 Å². The van der Waals surface area contributed by atoms with Crippen molar-refractivity contribution in [3.8, 4) is 11.5 Å². The molecule has 0 bridgehead atoms. The molecule has 1 amide bonds. The fraction of sp³-hybridized carbons (Fsp3) is 0.250. The first kappa shape index (κ1) is 22.0. The Bertz CT molecular complexity index is 1310. The molecule has 1 aromatic heterocycles. The van der Waals surface area contributed by atoms with E-state index in [2.05, 4.69) is 59.3 Å². The summed E-state index contributed by atoms with van der Waals surface area (Å²) in [5.41, 5.74) is 5.01. The predicted octanol–water partition coefficient (Wildman–Crippen LogP) is 5.16. The van der Waals surface area contributed by atoms with E-state index in [-0.39, 0.29) is 12.7 Å². The average Bonchev–Trinajstić information content (AvgIpc) is 3.46. The van der Waals surface area contributed by atoms with E-state index >= 15 is 0 Å². The predicted molar refractivity (Wildman–Crippen MR) is 135 cm³/mol. The minimum Gasteiger partial charge on any atom is -0.454 e. The van der Waals surface area contributed by atoms with Gasteiger partial charge in [-0.15, -0.1) is 0 Å². The normalized spacial score (nSPS) is 12.4. The molecule has 0 spiro atoms. The minimum atomic E-state index is -0.151. The van der Waals surface area contributed by atoms with Gasteiger partial charge < -0.3 is 24.3 Å². The summed E-state index contributed by atoms with van der Waals surface area (Å²) in [6, 6.07) is 22.0. The van der Waals surface area contributed by atoms with E-state index in [9.17, 15) is 4.79 Å². The number of ether oxygens (including phenoxy) is 2. The van der Waals surface area contributed by atoms with E-state index in [0.717, 1.165) is 25.9 Å². The fourth-order valence-corrected chi connectivity index (χ4v) is 4.30. The van der Waals surface area contributed by atoms with Crippen LogP contribution in [0.4, 0.5) is 5.69 Å². The van der Waals surface area contributed by atoms with Gasteiger partial charge in [-0.1, -0.05) is 18.2 Å². The van der Waals surface area contributed by atoms with Crippen LogP contribution in [-0.4, -0.2) is 42.8 Å². The molecule has 1 N–H and O–H groups in total. The maximum Gasteiger partial charge on any atom is 0.255 e. The molecule has 4 aromatic rings. The van der Waals surface area contributed by atoms with Crippen molar-refractivity contribution in [2.75, 3.05) is 32.7 Å². The van der Waals surface area contributed by atoms with Crippen molar-refractivity contribution in [2.45, 2.75) is 19.4 Å². The van der Waals surface area contributed by atoms with E-state index in [1.807, 2.05) is 30.3 Å². The second-order valence-electron chi connectivity index (χ2n) is 8.95. The van der Waals surface area contributed by atoms with E-state index in [1.54, 1.807) is 12.1 Å². The van der Waals surface area contributed by atoms with Gasteiger partial charge in [-0.3, -0.25) is 4.79 Å². The largest absolute Gasteiger partial charge is 0.454 e. The zero-order valence-electron chi connectivity index (χ0n) is 19.6. The van der Waals surface area contributed by atoms with Crippen LogP contribution >= 0.6 is 0 Å². The van der Waals surface area contributed by atoms with Crippen molar-refractivity contribution in [3.63, 3.8) is 0 Å². The van der Waals surface area contributed by atoms with Crippen LogP contribution in [0.5, 0.6) is 11.5 Å². The van der Waals surface area contributed by atoms with Gasteiger partial charge >= 0.3 is 0 Å². The molecule has 0 saturated carbocycles. The number of fused-ring (bicyclic) bond motifs is 2. The molecule has 1 aliphatic rings. The Hall–Kier alpha value is -3.77. The number of hydrogen-bond donors (Lipinski definition) is 1. The number of rotatable bonds is 8. The second kappa shape index (κ2) is 9.61. The Morgan fingerprint density at radius 3 is 2.56 bits per heavy atom. The highest BCUT2D eigenvalue weighted by molar-refractivity contribution is 6.04. The molecule has 0 radical (unpaired) electrons. The number of aromatic nitrogens is 1. The van der Waals surface area contributed by atoms with Gasteiger partial charge in [0.25, 0.3) is 5.91 Å². The second-order valence-corrected chi connectivity index (χ2v) is 8.95. The number of amides is 1. The van der Waals surface area contributed by atoms with Gasteiger partial charge in [0.2, 0.25) is 6.79 Å². The summed E-state index contributed by atoms with van der Waals surface area (Å²) in [7, 11) is 4.22. The number of benzene rings is 3. The van der Waals surface area contributed by atoms with Gasteiger partial charge in [-0.2, -0.15) is 0 Å². The third-order valence-corrected chi connectivity index (χ3v) is 6.09. The third kappa shape index (κ3) is 4.92. The number of hydrogen-bond acceptors (Lipinski definition) is 4. The SMILES string of the molecule is CN(C)CCCn1ccc2cc(Cc3ccc(C(=O)Nc4ccc5c(c4)OCO5)cc3)ccc21. The highest BCUT2D eigenvalue weighted by atomic mass is 16.7. The van der Waals surface area contributed by atoms with E-state index in [1.165, 1.54) is 22.0 Å². The van der Waals surface area contributed by atoms with Gasteiger partial charge in [0.05, 0.1) is 0 Å². The van der Waals surface area contributed by atoms with Crippen molar-refractivity contribution in [3.05, 3.63) is 89.6 Å². The van der Waals surface area contributed by atoms with Crippen molar-refractivity contribution in [1.29, 1.82) is 0 Å². The lowest BCUT2D eigenvalue weighted by molar-refractivity contribution is 0.102. The number of carbonyl (C=O) groups is 1. The number of aryl methyl sites for hydroxylation is 1. The standard InChI is InChI=1S/C28H29N3O3/c1-30(2)13-3-14-31-15-12-23-17-21(6-10-25(23)31)16-20-4-7-22(8-5-20)28(32)29-24-9-11-26-27(18-24)34-19-33-26/h4-12,15,17-18H,3,13-14,16,19H2,1-2H3,(H,29,32). The molecule has 0 unspecified atom stereocenters. The molecule has 0 fully saturated rings. The lowest BCUT2D eigenvalue weighted by Gasteiger charge is -2.11. The Labute approximate surface area is 199 Å². The maximum absolute atomic E-state index is 12.7. The summed E-state index contributed by atoms with van der Waals surface area (Å²) in [4.78, 5) is 14.9. The summed E-state index contributed by atoms with van der Waals surface area (Å²) >= 11 is 0. The average molecular weight is 456 g/mol. The van der Waals surface area contributed by atoms with Gasteiger partial charge in [0.1, 0.15) is 0 Å². The third-order valence-electron chi connectivity index (χ3n) is 6.09. The molecule has 1 aliphatic heterocycles. The number of anilines is 1. The molecule has 5 rings (SSSR count). The molecule has 0 saturated heterocycles. The lowest BCUT2D eigenvalue weighted by atomic mass is 10.0. The first-order chi connectivity index (χ1) is 16.5. The van der Waals surface area contributed by atoms with E-state index in [0.29, 0.717) is 22.7 Å². The summed E-state index contributed by atoms with van der Waals surface area (Å²) < 4.78 is 13.0. The molecule has 2 heterocycles. The zero-order chi connectivity index (χ0) is 23.5. The van der Waals surface area contributed by atoms with Gasteiger partial charge in [0.15, 0.2) is 11.5 Å². The molecule has 0 atom stereocenters. The van der Waals surface area contributed by atoms with Crippen LogP contribution in [0.3, 0.4) is 0 Å².